The van der Waals surface area contributed by atoms with Crippen molar-refractivity contribution in [2.24, 2.45) is 17.4 Å². The minimum atomic E-state index is -0.737. The smallest absolute Gasteiger partial charge is 0.325 e. The molecule has 0 radical (unpaired) electrons. The maximum absolute atomic E-state index is 11.0. The number of hydrogen-bond acceptors (Lipinski definition) is 4. The van der Waals surface area contributed by atoms with E-state index in [2.05, 4.69) is 4.74 Å². The third-order valence-electron chi connectivity index (χ3n) is 2.23. The Kier molecular flexibility index (Phi) is 2.15. The van der Waals surface area contributed by atoms with Gasteiger partial charge in [0.15, 0.2) is 0 Å². The zero-order valence-electron chi connectivity index (χ0n) is 6.67. The fourth-order valence-corrected chi connectivity index (χ4v) is 1.51. The number of nitrogens with two attached hydrogens (primary N) is 2. The van der Waals surface area contributed by atoms with Crippen LogP contribution >= 0.6 is 0 Å². The SMILES string of the molecule is COC(=O)C1(N)CC(CN)C1. The molecule has 4 N–H and O–H groups in total. The van der Waals surface area contributed by atoms with Crippen molar-refractivity contribution in [3.8, 4) is 0 Å². The predicted octanol–water partition coefficient (Wildman–Crippen LogP) is -0.774. The molecule has 0 spiro atoms. The van der Waals surface area contributed by atoms with Crippen LogP contribution in [0.3, 0.4) is 0 Å². The average molecular weight is 158 g/mol. The molecule has 1 fully saturated rings. The maximum atomic E-state index is 11.0. The van der Waals surface area contributed by atoms with E-state index in [9.17, 15) is 4.79 Å². The molecule has 0 aromatic carbocycles. The average Bonchev–Trinajstić information content (AvgIpc) is 1.96. The van der Waals surface area contributed by atoms with Crippen molar-refractivity contribution in [2.75, 3.05) is 13.7 Å². The second kappa shape index (κ2) is 2.79. The van der Waals surface area contributed by atoms with Crippen LogP contribution in [0.5, 0.6) is 0 Å². The predicted molar refractivity (Wildman–Crippen MR) is 40.7 cm³/mol. The zero-order valence-corrected chi connectivity index (χ0v) is 6.67. The minimum absolute atomic E-state index is 0.317. The number of hydrogen-bond donors (Lipinski definition) is 2. The molecule has 4 heteroatoms. The van der Waals surface area contributed by atoms with Crippen molar-refractivity contribution in [1.82, 2.24) is 0 Å². The fourth-order valence-electron chi connectivity index (χ4n) is 1.51. The van der Waals surface area contributed by atoms with E-state index in [1.54, 1.807) is 0 Å². The number of methoxy groups -OCH3 is 1. The van der Waals surface area contributed by atoms with Crippen molar-refractivity contribution >= 4 is 5.97 Å². The topological polar surface area (TPSA) is 78.3 Å². The summed E-state index contributed by atoms with van der Waals surface area (Å²) in [5.74, 6) is 0.0845. The number of ether oxygens (including phenoxy) is 1. The van der Waals surface area contributed by atoms with Gasteiger partial charge in [-0.15, -0.1) is 0 Å². The Morgan fingerprint density at radius 2 is 2.27 bits per heavy atom. The summed E-state index contributed by atoms with van der Waals surface area (Å²) in [7, 11) is 1.35. The van der Waals surface area contributed by atoms with E-state index in [4.69, 9.17) is 11.5 Å². The summed E-state index contributed by atoms with van der Waals surface area (Å²) in [5, 5.41) is 0. The molecular weight excluding hydrogens is 144 g/mol. The van der Waals surface area contributed by atoms with Gasteiger partial charge in [-0.3, -0.25) is 4.79 Å². The normalized spacial score (nSPS) is 36.1. The fraction of sp³-hybridized carbons (Fsp3) is 0.857. The Bertz CT molecular complexity index is 164. The molecule has 11 heavy (non-hydrogen) atoms. The Morgan fingerprint density at radius 3 is 2.64 bits per heavy atom. The van der Waals surface area contributed by atoms with E-state index < -0.39 is 5.54 Å². The summed E-state index contributed by atoms with van der Waals surface area (Å²) >= 11 is 0. The van der Waals surface area contributed by atoms with Crippen LogP contribution in [0, 0.1) is 5.92 Å². The summed E-state index contributed by atoms with van der Waals surface area (Å²) in [5.41, 5.74) is 10.3. The highest BCUT2D eigenvalue weighted by atomic mass is 16.5. The molecule has 1 aliphatic carbocycles. The molecule has 0 unspecified atom stereocenters. The molecule has 0 amide bonds. The summed E-state index contributed by atoms with van der Waals surface area (Å²) in [4.78, 5) is 11.0. The third kappa shape index (κ3) is 1.36. The monoisotopic (exact) mass is 158 g/mol. The molecule has 0 bridgehead atoms. The molecule has 0 aromatic rings. The van der Waals surface area contributed by atoms with Crippen LogP contribution in [-0.2, 0) is 9.53 Å². The first-order valence-corrected chi connectivity index (χ1v) is 3.70. The standard InChI is InChI=1S/C7H14N2O2/c1-11-6(10)7(9)2-5(3-7)4-8/h5H,2-4,8-9H2,1H3. The lowest BCUT2D eigenvalue weighted by atomic mass is 9.69. The number of rotatable bonds is 2. The highest BCUT2D eigenvalue weighted by Gasteiger charge is 2.47. The van der Waals surface area contributed by atoms with Crippen LogP contribution in [0.1, 0.15) is 12.8 Å². The van der Waals surface area contributed by atoms with Crippen molar-refractivity contribution in [2.45, 2.75) is 18.4 Å². The largest absolute Gasteiger partial charge is 0.468 e. The Balaban J connectivity index is 2.42. The van der Waals surface area contributed by atoms with Gasteiger partial charge in [0.2, 0.25) is 0 Å². The highest BCUT2D eigenvalue weighted by Crippen LogP contribution is 2.35. The molecule has 1 saturated carbocycles. The molecular formula is C7H14N2O2. The van der Waals surface area contributed by atoms with Crippen LogP contribution in [0.25, 0.3) is 0 Å². The van der Waals surface area contributed by atoms with E-state index in [-0.39, 0.29) is 5.97 Å². The summed E-state index contributed by atoms with van der Waals surface area (Å²) in [6.45, 7) is 0.607. The summed E-state index contributed by atoms with van der Waals surface area (Å²) < 4.78 is 4.55. The lowest BCUT2D eigenvalue weighted by Gasteiger charge is -2.41. The van der Waals surface area contributed by atoms with Gasteiger partial charge in [-0.25, -0.2) is 0 Å². The molecule has 4 nitrogen and oxygen atoms in total. The summed E-state index contributed by atoms with van der Waals surface area (Å²) in [6.07, 6.45) is 1.33. The van der Waals surface area contributed by atoms with Gasteiger partial charge in [0.1, 0.15) is 5.54 Å². The summed E-state index contributed by atoms with van der Waals surface area (Å²) in [6, 6.07) is 0. The van der Waals surface area contributed by atoms with Crippen LogP contribution in [0.4, 0.5) is 0 Å². The number of carbonyl (C=O) groups is 1. The van der Waals surface area contributed by atoms with E-state index >= 15 is 0 Å². The van der Waals surface area contributed by atoms with Crippen LogP contribution in [0.2, 0.25) is 0 Å². The minimum Gasteiger partial charge on any atom is -0.468 e. The van der Waals surface area contributed by atoms with E-state index in [1.165, 1.54) is 7.11 Å². The van der Waals surface area contributed by atoms with Crippen molar-refractivity contribution in [1.29, 1.82) is 0 Å². The van der Waals surface area contributed by atoms with E-state index in [0.29, 0.717) is 25.3 Å². The van der Waals surface area contributed by atoms with Crippen molar-refractivity contribution in [3.63, 3.8) is 0 Å². The Morgan fingerprint density at radius 1 is 1.73 bits per heavy atom. The first kappa shape index (κ1) is 8.49. The molecule has 64 valence electrons. The maximum Gasteiger partial charge on any atom is 0.325 e. The lowest BCUT2D eigenvalue weighted by Crippen LogP contribution is -2.59. The van der Waals surface area contributed by atoms with Gasteiger partial charge in [-0.05, 0) is 25.3 Å². The Hall–Kier alpha value is -0.610. The van der Waals surface area contributed by atoms with Crippen LogP contribution in [0.15, 0.2) is 0 Å². The molecule has 0 saturated heterocycles. The quantitative estimate of drug-likeness (QED) is 0.517. The first-order chi connectivity index (χ1) is 5.12. The number of carbonyl (C=O) groups excluding carboxylic acids is 1. The van der Waals surface area contributed by atoms with Crippen LogP contribution < -0.4 is 11.5 Å². The van der Waals surface area contributed by atoms with Crippen molar-refractivity contribution < 1.29 is 9.53 Å². The van der Waals surface area contributed by atoms with Crippen LogP contribution in [-0.4, -0.2) is 25.2 Å². The van der Waals surface area contributed by atoms with Crippen molar-refractivity contribution in [3.05, 3.63) is 0 Å². The number of esters is 1. The molecule has 0 atom stereocenters. The van der Waals surface area contributed by atoms with Gasteiger partial charge >= 0.3 is 5.97 Å². The molecule has 1 aliphatic rings. The van der Waals surface area contributed by atoms with Gasteiger partial charge in [0, 0.05) is 0 Å². The lowest BCUT2D eigenvalue weighted by molar-refractivity contribution is -0.152. The van der Waals surface area contributed by atoms with E-state index in [1.807, 2.05) is 0 Å². The molecule has 0 aromatic heterocycles. The van der Waals surface area contributed by atoms with Gasteiger partial charge in [0.05, 0.1) is 7.11 Å². The Labute approximate surface area is 65.9 Å². The van der Waals surface area contributed by atoms with Gasteiger partial charge in [0.25, 0.3) is 0 Å². The zero-order chi connectivity index (χ0) is 8.48. The van der Waals surface area contributed by atoms with Gasteiger partial charge < -0.3 is 16.2 Å². The third-order valence-corrected chi connectivity index (χ3v) is 2.23. The first-order valence-electron chi connectivity index (χ1n) is 3.70. The highest BCUT2D eigenvalue weighted by molar-refractivity contribution is 5.81. The van der Waals surface area contributed by atoms with Gasteiger partial charge in [-0.2, -0.15) is 0 Å². The second-order valence-electron chi connectivity index (χ2n) is 3.16. The van der Waals surface area contributed by atoms with Gasteiger partial charge in [-0.1, -0.05) is 0 Å². The molecule has 1 rings (SSSR count). The molecule has 0 aliphatic heterocycles. The second-order valence-corrected chi connectivity index (χ2v) is 3.16. The van der Waals surface area contributed by atoms with E-state index in [0.717, 1.165) is 0 Å². The molecule has 0 heterocycles.